The van der Waals surface area contributed by atoms with Crippen molar-refractivity contribution < 1.29 is 0 Å². The Bertz CT molecular complexity index is 455. The summed E-state index contributed by atoms with van der Waals surface area (Å²) in [5.41, 5.74) is 1.16. The summed E-state index contributed by atoms with van der Waals surface area (Å²) in [6, 6.07) is 3.83. The van der Waals surface area contributed by atoms with E-state index in [1.54, 1.807) is 24.2 Å². The normalized spacial score (nSPS) is 10.5. The van der Waals surface area contributed by atoms with Crippen LogP contribution in [0.3, 0.4) is 0 Å². The fourth-order valence-electron chi connectivity index (χ4n) is 1.17. The quantitative estimate of drug-likeness (QED) is 0.610. The first-order chi connectivity index (χ1) is 7.25. The number of rotatable bonds is 3. The van der Waals surface area contributed by atoms with Crippen LogP contribution in [0.4, 0.5) is 0 Å². The SMILES string of the molecule is Cn1ccnc1SCc1ccnc(Cl)c1. The Hall–Kier alpha value is -1.00. The van der Waals surface area contributed by atoms with Gasteiger partial charge in [-0.1, -0.05) is 23.4 Å². The minimum absolute atomic E-state index is 0.535. The van der Waals surface area contributed by atoms with Crippen LogP contribution in [0.1, 0.15) is 5.56 Å². The van der Waals surface area contributed by atoms with E-state index in [4.69, 9.17) is 11.6 Å². The molecule has 0 saturated heterocycles. The number of pyridine rings is 1. The maximum Gasteiger partial charge on any atom is 0.167 e. The Morgan fingerprint density at radius 2 is 2.27 bits per heavy atom. The first-order valence-electron chi connectivity index (χ1n) is 4.46. The predicted octanol–water partition coefficient (Wildman–Crippen LogP) is 2.76. The van der Waals surface area contributed by atoms with Crippen LogP contribution in [-0.2, 0) is 12.8 Å². The lowest BCUT2D eigenvalue weighted by Gasteiger charge is -2.01. The molecule has 3 nitrogen and oxygen atoms in total. The van der Waals surface area contributed by atoms with E-state index in [0.29, 0.717) is 5.15 Å². The number of hydrogen-bond donors (Lipinski definition) is 0. The first kappa shape index (κ1) is 10.5. The van der Waals surface area contributed by atoms with Crippen molar-refractivity contribution in [2.45, 2.75) is 10.9 Å². The van der Waals surface area contributed by atoms with Gasteiger partial charge in [0.1, 0.15) is 5.15 Å². The van der Waals surface area contributed by atoms with E-state index in [2.05, 4.69) is 9.97 Å². The molecule has 0 bridgehead atoms. The zero-order chi connectivity index (χ0) is 10.7. The summed E-state index contributed by atoms with van der Waals surface area (Å²) in [5.74, 6) is 0.854. The Labute approximate surface area is 97.5 Å². The molecule has 2 rings (SSSR count). The molecule has 0 amide bonds. The molecule has 2 aromatic heterocycles. The van der Waals surface area contributed by atoms with Crippen LogP contribution >= 0.6 is 23.4 Å². The van der Waals surface area contributed by atoms with Crippen molar-refractivity contribution in [1.82, 2.24) is 14.5 Å². The summed E-state index contributed by atoms with van der Waals surface area (Å²) in [5, 5.41) is 1.54. The highest BCUT2D eigenvalue weighted by Crippen LogP contribution is 2.21. The number of aryl methyl sites for hydroxylation is 1. The van der Waals surface area contributed by atoms with Crippen molar-refractivity contribution in [2.24, 2.45) is 7.05 Å². The van der Waals surface area contributed by atoms with Crippen molar-refractivity contribution in [3.05, 3.63) is 41.4 Å². The summed E-state index contributed by atoms with van der Waals surface area (Å²) in [6.45, 7) is 0. The average Bonchev–Trinajstić information content (AvgIpc) is 2.61. The highest BCUT2D eigenvalue weighted by atomic mass is 35.5. The van der Waals surface area contributed by atoms with Gasteiger partial charge in [0.05, 0.1) is 0 Å². The molecule has 0 radical (unpaired) electrons. The molecular weight excluding hydrogens is 230 g/mol. The average molecular weight is 240 g/mol. The number of thioether (sulfide) groups is 1. The number of nitrogens with zero attached hydrogens (tertiary/aromatic N) is 3. The topological polar surface area (TPSA) is 30.7 Å². The maximum atomic E-state index is 5.80. The Morgan fingerprint density at radius 3 is 2.93 bits per heavy atom. The van der Waals surface area contributed by atoms with E-state index < -0.39 is 0 Å². The van der Waals surface area contributed by atoms with E-state index in [0.717, 1.165) is 16.5 Å². The van der Waals surface area contributed by atoms with Gasteiger partial charge in [-0.3, -0.25) is 0 Å². The van der Waals surface area contributed by atoms with Crippen LogP contribution < -0.4 is 0 Å². The van der Waals surface area contributed by atoms with Gasteiger partial charge in [-0.15, -0.1) is 0 Å². The molecule has 0 N–H and O–H groups in total. The minimum atomic E-state index is 0.535. The van der Waals surface area contributed by atoms with Crippen molar-refractivity contribution in [3.8, 4) is 0 Å². The molecule has 0 aliphatic rings. The van der Waals surface area contributed by atoms with E-state index >= 15 is 0 Å². The number of hydrogen-bond acceptors (Lipinski definition) is 3. The molecule has 2 aromatic rings. The standard InChI is InChI=1S/C10H10ClN3S/c1-14-5-4-13-10(14)15-7-8-2-3-12-9(11)6-8/h2-6H,7H2,1H3. The van der Waals surface area contributed by atoms with Gasteiger partial charge >= 0.3 is 0 Å². The van der Waals surface area contributed by atoms with Crippen LogP contribution in [-0.4, -0.2) is 14.5 Å². The Kier molecular flexibility index (Phi) is 3.28. The molecule has 0 fully saturated rings. The summed E-state index contributed by atoms with van der Waals surface area (Å²) < 4.78 is 1.99. The van der Waals surface area contributed by atoms with Gasteiger partial charge in [0.15, 0.2) is 5.16 Å². The third-order valence-electron chi connectivity index (χ3n) is 1.94. The third kappa shape index (κ3) is 2.73. The monoisotopic (exact) mass is 239 g/mol. The van der Waals surface area contributed by atoms with E-state index in [9.17, 15) is 0 Å². The van der Waals surface area contributed by atoms with Gasteiger partial charge in [-0.25, -0.2) is 9.97 Å². The fourth-order valence-corrected chi connectivity index (χ4v) is 2.24. The van der Waals surface area contributed by atoms with Crippen LogP contribution in [0, 0.1) is 0 Å². The molecule has 0 unspecified atom stereocenters. The summed E-state index contributed by atoms with van der Waals surface area (Å²) in [4.78, 5) is 8.17. The number of imidazole rings is 1. The van der Waals surface area contributed by atoms with Crippen LogP contribution in [0.15, 0.2) is 35.9 Å². The first-order valence-corrected chi connectivity index (χ1v) is 5.82. The molecule has 0 aromatic carbocycles. The van der Waals surface area contributed by atoms with Crippen molar-refractivity contribution in [3.63, 3.8) is 0 Å². The molecule has 0 atom stereocenters. The van der Waals surface area contributed by atoms with E-state index in [1.165, 1.54) is 0 Å². The molecular formula is C10H10ClN3S. The van der Waals surface area contributed by atoms with Crippen LogP contribution in [0.2, 0.25) is 5.15 Å². The second kappa shape index (κ2) is 4.68. The molecule has 0 spiro atoms. The summed E-state index contributed by atoms with van der Waals surface area (Å²) >= 11 is 7.48. The fraction of sp³-hybridized carbons (Fsp3) is 0.200. The van der Waals surface area contributed by atoms with E-state index in [-0.39, 0.29) is 0 Å². The molecule has 78 valence electrons. The third-order valence-corrected chi connectivity index (χ3v) is 3.27. The zero-order valence-electron chi connectivity index (χ0n) is 8.22. The summed E-state index contributed by atoms with van der Waals surface area (Å²) in [7, 11) is 1.98. The van der Waals surface area contributed by atoms with Gasteiger partial charge in [-0.2, -0.15) is 0 Å². The predicted molar refractivity (Wildman–Crippen MR) is 62.0 cm³/mol. The van der Waals surface area contributed by atoms with Gasteiger partial charge in [0.2, 0.25) is 0 Å². The lowest BCUT2D eigenvalue weighted by Crippen LogP contribution is -1.90. The van der Waals surface area contributed by atoms with Gasteiger partial charge < -0.3 is 4.57 Å². The lowest BCUT2D eigenvalue weighted by atomic mass is 10.3. The van der Waals surface area contributed by atoms with Crippen LogP contribution in [0.5, 0.6) is 0 Å². The van der Waals surface area contributed by atoms with Gasteiger partial charge in [-0.05, 0) is 17.7 Å². The Balaban J connectivity index is 2.02. The minimum Gasteiger partial charge on any atom is -0.329 e. The smallest absolute Gasteiger partial charge is 0.167 e. The molecule has 5 heteroatoms. The molecule has 0 aliphatic carbocycles. The molecule has 0 aliphatic heterocycles. The van der Waals surface area contributed by atoms with Crippen molar-refractivity contribution in [2.75, 3.05) is 0 Å². The van der Waals surface area contributed by atoms with E-state index in [1.807, 2.05) is 29.9 Å². The maximum absolute atomic E-state index is 5.80. The second-order valence-corrected chi connectivity index (χ2v) is 4.43. The lowest BCUT2D eigenvalue weighted by molar-refractivity contribution is 0.790. The highest BCUT2D eigenvalue weighted by Gasteiger charge is 2.01. The molecule has 0 saturated carbocycles. The highest BCUT2D eigenvalue weighted by molar-refractivity contribution is 7.98. The van der Waals surface area contributed by atoms with Crippen LogP contribution in [0.25, 0.3) is 0 Å². The second-order valence-electron chi connectivity index (χ2n) is 3.10. The van der Waals surface area contributed by atoms with Gasteiger partial charge in [0.25, 0.3) is 0 Å². The zero-order valence-corrected chi connectivity index (χ0v) is 9.79. The molecule has 15 heavy (non-hydrogen) atoms. The number of aromatic nitrogens is 3. The van der Waals surface area contributed by atoms with Gasteiger partial charge in [0, 0.05) is 31.4 Å². The van der Waals surface area contributed by atoms with Crippen molar-refractivity contribution in [1.29, 1.82) is 0 Å². The largest absolute Gasteiger partial charge is 0.329 e. The van der Waals surface area contributed by atoms with Crippen molar-refractivity contribution >= 4 is 23.4 Å². The number of halogens is 1. The Morgan fingerprint density at radius 1 is 1.40 bits per heavy atom. The summed E-state index contributed by atoms with van der Waals surface area (Å²) in [6.07, 6.45) is 5.44. The molecule has 2 heterocycles.